The molecule has 1 atom stereocenters. The van der Waals surface area contributed by atoms with Crippen LogP contribution in [0.1, 0.15) is 16.8 Å². The second-order valence-electron chi connectivity index (χ2n) is 7.81. The summed E-state index contributed by atoms with van der Waals surface area (Å²) in [6.45, 7) is 1.72. The molecular weight excluding hydrogens is 409 g/mol. The van der Waals surface area contributed by atoms with Gasteiger partial charge >= 0.3 is 0 Å². The summed E-state index contributed by atoms with van der Waals surface area (Å²) in [5.41, 5.74) is 1.66. The summed E-state index contributed by atoms with van der Waals surface area (Å²) in [6.07, 6.45) is 6.06. The molecular formula is C23H22FN7O. The van der Waals surface area contributed by atoms with Crippen molar-refractivity contribution in [2.24, 2.45) is 0 Å². The number of nitrogens with one attached hydrogen (secondary N) is 2. The number of likely N-dealkylation sites (N-methyl/N-ethyl adjacent to an activating group) is 1. The molecule has 0 radical (unpaired) electrons. The Balaban J connectivity index is 1.24. The molecule has 2 N–H and O–H groups in total. The van der Waals surface area contributed by atoms with Gasteiger partial charge in [-0.05, 0) is 42.8 Å². The lowest BCUT2D eigenvalue weighted by atomic mass is 10.2. The molecule has 3 aromatic heterocycles. The van der Waals surface area contributed by atoms with Crippen LogP contribution in [0.2, 0.25) is 0 Å². The van der Waals surface area contributed by atoms with Gasteiger partial charge in [-0.15, -0.1) is 0 Å². The van der Waals surface area contributed by atoms with E-state index in [-0.39, 0.29) is 17.5 Å². The number of H-pyrrole nitrogens is 1. The third-order valence-electron chi connectivity index (χ3n) is 5.80. The Labute approximate surface area is 184 Å². The van der Waals surface area contributed by atoms with Gasteiger partial charge in [0.1, 0.15) is 29.4 Å². The van der Waals surface area contributed by atoms with E-state index in [9.17, 15) is 9.18 Å². The number of fused-ring (bicyclic) bond motifs is 1. The zero-order valence-electron chi connectivity index (χ0n) is 17.5. The van der Waals surface area contributed by atoms with Crippen LogP contribution >= 0.6 is 0 Å². The molecule has 0 saturated carbocycles. The Morgan fingerprint density at radius 2 is 2.12 bits per heavy atom. The molecule has 0 bridgehead atoms. The maximum absolute atomic E-state index is 13.3. The van der Waals surface area contributed by atoms with Crippen molar-refractivity contribution in [2.45, 2.75) is 12.5 Å². The maximum atomic E-state index is 13.3. The minimum atomic E-state index is -0.447. The molecule has 8 nitrogen and oxygen atoms in total. The van der Waals surface area contributed by atoms with Gasteiger partial charge in [-0.25, -0.2) is 19.3 Å². The van der Waals surface area contributed by atoms with Crippen LogP contribution in [0, 0.1) is 5.82 Å². The first kappa shape index (κ1) is 19.9. The Bertz CT molecular complexity index is 1260. The van der Waals surface area contributed by atoms with Gasteiger partial charge in [-0.1, -0.05) is 6.07 Å². The van der Waals surface area contributed by atoms with Crippen molar-refractivity contribution in [3.63, 3.8) is 0 Å². The number of aromatic amines is 1. The van der Waals surface area contributed by atoms with E-state index in [2.05, 4.69) is 35.1 Å². The summed E-state index contributed by atoms with van der Waals surface area (Å²) in [7, 11) is 2.02. The number of aromatic nitrogens is 4. The molecule has 4 aromatic rings. The highest BCUT2D eigenvalue weighted by Crippen LogP contribution is 2.28. The first-order chi connectivity index (χ1) is 15.6. The summed E-state index contributed by atoms with van der Waals surface area (Å²) in [5, 5.41) is 3.77. The van der Waals surface area contributed by atoms with E-state index in [0.29, 0.717) is 5.69 Å². The number of hydrogen-bond donors (Lipinski definition) is 2. The van der Waals surface area contributed by atoms with E-state index >= 15 is 0 Å². The van der Waals surface area contributed by atoms with Gasteiger partial charge < -0.3 is 20.1 Å². The van der Waals surface area contributed by atoms with E-state index < -0.39 is 5.82 Å². The number of carbonyl (C=O) groups excluding carboxylic acids is 1. The van der Waals surface area contributed by atoms with Crippen LogP contribution < -0.4 is 15.1 Å². The fourth-order valence-corrected chi connectivity index (χ4v) is 4.05. The molecule has 4 heterocycles. The third-order valence-corrected chi connectivity index (χ3v) is 5.80. The molecule has 0 aliphatic carbocycles. The van der Waals surface area contributed by atoms with E-state index in [1.54, 1.807) is 24.7 Å². The monoisotopic (exact) mass is 431 g/mol. The van der Waals surface area contributed by atoms with Crippen molar-refractivity contribution in [3.8, 4) is 0 Å². The Hall–Kier alpha value is -4.01. The van der Waals surface area contributed by atoms with Gasteiger partial charge in [0.15, 0.2) is 0 Å². The second kappa shape index (κ2) is 8.26. The number of rotatable bonds is 5. The zero-order valence-corrected chi connectivity index (χ0v) is 17.5. The molecule has 5 rings (SSSR count). The van der Waals surface area contributed by atoms with Crippen molar-refractivity contribution in [1.29, 1.82) is 0 Å². The Morgan fingerprint density at radius 1 is 1.22 bits per heavy atom. The minimum Gasteiger partial charge on any atom is -0.355 e. The lowest BCUT2D eigenvalue weighted by Gasteiger charge is -2.26. The number of nitrogens with zero attached hydrogens (tertiary/aromatic N) is 5. The van der Waals surface area contributed by atoms with Gasteiger partial charge in [0.05, 0.1) is 17.3 Å². The number of halogens is 1. The van der Waals surface area contributed by atoms with Gasteiger partial charge in [-0.2, -0.15) is 0 Å². The van der Waals surface area contributed by atoms with Crippen LogP contribution in [0.15, 0.2) is 61.2 Å². The van der Waals surface area contributed by atoms with E-state index in [0.717, 1.165) is 42.2 Å². The average Bonchev–Trinajstić information content (AvgIpc) is 3.49. The Kier molecular flexibility index (Phi) is 5.14. The lowest BCUT2D eigenvalue weighted by molar-refractivity contribution is 0.102. The minimum absolute atomic E-state index is 0.262. The summed E-state index contributed by atoms with van der Waals surface area (Å²) in [6, 6.07) is 11.5. The van der Waals surface area contributed by atoms with Crippen molar-refractivity contribution in [2.75, 3.05) is 35.3 Å². The SMILES string of the molecule is CN(c1ccc(NC(=O)c2cccc(F)c2)cn1)[C@@H]1CCN(c2ncnc3[nH]ccc23)C1. The van der Waals surface area contributed by atoms with E-state index in [1.165, 1.54) is 18.2 Å². The molecule has 0 unspecified atom stereocenters. The van der Waals surface area contributed by atoms with Crippen molar-refractivity contribution >= 4 is 34.3 Å². The molecule has 1 amide bonds. The van der Waals surface area contributed by atoms with Crippen LogP contribution in [0.25, 0.3) is 11.0 Å². The first-order valence-electron chi connectivity index (χ1n) is 10.4. The molecule has 1 aliphatic rings. The van der Waals surface area contributed by atoms with Crippen LogP contribution in [-0.4, -0.2) is 52.0 Å². The van der Waals surface area contributed by atoms with Crippen LogP contribution in [0.5, 0.6) is 0 Å². The van der Waals surface area contributed by atoms with Gasteiger partial charge in [0.25, 0.3) is 5.91 Å². The van der Waals surface area contributed by atoms with Crippen molar-refractivity contribution < 1.29 is 9.18 Å². The van der Waals surface area contributed by atoms with Gasteiger partial charge in [0, 0.05) is 37.9 Å². The molecule has 1 saturated heterocycles. The van der Waals surface area contributed by atoms with Crippen molar-refractivity contribution in [3.05, 3.63) is 72.6 Å². The standard InChI is InChI=1S/C23H22FN7O/c1-30(18-8-10-31(13-18)22-19-7-9-25-21(19)27-14-28-22)20-6-5-17(12-26-20)29-23(32)15-3-2-4-16(24)11-15/h2-7,9,11-12,14,18H,8,10,13H2,1H3,(H,29,32)(H,25,27,28)/t18-/m1/s1. The summed E-state index contributed by atoms with van der Waals surface area (Å²) in [5.74, 6) is 0.933. The average molecular weight is 431 g/mol. The largest absolute Gasteiger partial charge is 0.355 e. The summed E-state index contributed by atoms with van der Waals surface area (Å²) in [4.78, 5) is 33.1. The van der Waals surface area contributed by atoms with E-state index in [4.69, 9.17) is 0 Å². The van der Waals surface area contributed by atoms with Gasteiger partial charge in [0.2, 0.25) is 0 Å². The number of benzene rings is 1. The fourth-order valence-electron chi connectivity index (χ4n) is 4.05. The number of carbonyl (C=O) groups is 1. The van der Waals surface area contributed by atoms with Crippen LogP contribution in [0.3, 0.4) is 0 Å². The smallest absolute Gasteiger partial charge is 0.255 e. The quantitative estimate of drug-likeness (QED) is 0.503. The zero-order chi connectivity index (χ0) is 22.1. The van der Waals surface area contributed by atoms with Crippen molar-refractivity contribution in [1.82, 2.24) is 19.9 Å². The number of amides is 1. The Morgan fingerprint density at radius 3 is 2.94 bits per heavy atom. The first-order valence-corrected chi connectivity index (χ1v) is 10.4. The molecule has 0 spiro atoms. The highest BCUT2D eigenvalue weighted by Gasteiger charge is 2.28. The summed E-state index contributed by atoms with van der Waals surface area (Å²) >= 11 is 0. The number of hydrogen-bond acceptors (Lipinski definition) is 6. The highest BCUT2D eigenvalue weighted by molar-refractivity contribution is 6.04. The molecule has 32 heavy (non-hydrogen) atoms. The normalized spacial score (nSPS) is 15.8. The molecule has 9 heteroatoms. The summed E-state index contributed by atoms with van der Waals surface area (Å²) < 4.78 is 13.3. The number of pyridine rings is 1. The van der Waals surface area contributed by atoms with Gasteiger partial charge in [-0.3, -0.25) is 4.79 Å². The van der Waals surface area contributed by atoms with E-state index in [1.807, 2.05) is 25.4 Å². The predicted octanol–water partition coefficient (Wildman–Crippen LogP) is 3.46. The van der Waals surface area contributed by atoms with Crippen LogP contribution in [-0.2, 0) is 0 Å². The molecule has 1 aliphatic heterocycles. The number of anilines is 3. The molecule has 1 aromatic carbocycles. The second-order valence-corrected chi connectivity index (χ2v) is 7.81. The highest BCUT2D eigenvalue weighted by atomic mass is 19.1. The topological polar surface area (TPSA) is 90.0 Å². The fraction of sp³-hybridized carbons (Fsp3) is 0.217. The third kappa shape index (κ3) is 3.84. The predicted molar refractivity (Wildman–Crippen MR) is 121 cm³/mol. The maximum Gasteiger partial charge on any atom is 0.255 e. The van der Waals surface area contributed by atoms with Crippen LogP contribution in [0.4, 0.5) is 21.7 Å². The molecule has 1 fully saturated rings. The lowest BCUT2D eigenvalue weighted by Crippen LogP contribution is -2.35. The molecule has 162 valence electrons.